The second-order valence-corrected chi connectivity index (χ2v) is 5.25. The zero-order valence-corrected chi connectivity index (χ0v) is 11.5. The SMILES string of the molecule is CCCC(C)(N)C(=O)Cc1ccnc2ccccc12. The third-order valence-corrected chi connectivity index (χ3v) is 3.50. The van der Waals surface area contributed by atoms with Crippen LogP contribution in [0.15, 0.2) is 36.5 Å². The second kappa shape index (κ2) is 5.49. The molecule has 0 aliphatic heterocycles. The standard InChI is InChI=1S/C16H20N2O/c1-3-9-16(2,17)15(19)11-12-8-10-18-14-7-5-4-6-13(12)14/h4-8,10H,3,9,11,17H2,1-2H3. The minimum absolute atomic E-state index is 0.0886. The molecule has 1 unspecified atom stereocenters. The molecule has 0 radical (unpaired) electrons. The molecule has 0 aliphatic carbocycles. The van der Waals surface area contributed by atoms with E-state index in [1.54, 1.807) is 6.20 Å². The van der Waals surface area contributed by atoms with Crippen molar-refractivity contribution in [3.05, 3.63) is 42.1 Å². The van der Waals surface area contributed by atoms with Crippen molar-refractivity contribution >= 4 is 16.7 Å². The summed E-state index contributed by atoms with van der Waals surface area (Å²) in [4.78, 5) is 16.6. The Morgan fingerprint density at radius 1 is 1.32 bits per heavy atom. The lowest BCUT2D eigenvalue weighted by Gasteiger charge is -2.22. The zero-order chi connectivity index (χ0) is 13.9. The van der Waals surface area contributed by atoms with Gasteiger partial charge in [-0.15, -0.1) is 0 Å². The van der Waals surface area contributed by atoms with E-state index in [-0.39, 0.29) is 5.78 Å². The van der Waals surface area contributed by atoms with Gasteiger partial charge in [-0.2, -0.15) is 0 Å². The van der Waals surface area contributed by atoms with Gasteiger partial charge in [-0.1, -0.05) is 31.5 Å². The molecule has 2 N–H and O–H groups in total. The van der Waals surface area contributed by atoms with Crippen LogP contribution in [-0.2, 0) is 11.2 Å². The molecule has 0 saturated carbocycles. The average molecular weight is 256 g/mol. The largest absolute Gasteiger partial charge is 0.319 e. The van der Waals surface area contributed by atoms with Crippen molar-refractivity contribution in [1.82, 2.24) is 4.98 Å². The molecular weight excluding hydrogens is 236 g/mol. The number of rotatable bonds is 5. The highest BCUT2D eigenvalue weighted by Crippen LogP contribution is 2.20. The normalized spacial score (nSPS) is 14.3. The van der Waals surface area contributed by atoms with Gasteiger partial charge in [0.05, 0.1) is 11.1 Å². The van der Waals surface area contributed by atoms with E-state index in [0.717, 1.165) is 29.3 Å². The van der Waals surface area contributed by atoms with Gasteiger partial charge in [0.2, 0.25) is 0 Å². The lowest BCUT2D eigenvalue weighted by atomic mass is 9.88. The van der Waals surface area contributed by atoms with Crippen molar-refractivity contribution in [3.63, 3.8) is 0 Å². The summed E-state index contributed by atoms with van der Waals surface area (Å²) in [5.41, 5.74) is 7.28. The predicted octanol–water partition coefficient (Wildman–Crippen LogP) is 2.86. The minimum Gasteiger partial charge on any atom is -0.319 e. The molecule has 19 heavy (non-hydrogen) atoms. The Morgan fingerprint density at radius 2 is 2.05 bits per heavy atom. The second-order valence-electron chi connectivity index (χ2n) is 5.25. The molecule has 1 aromatic carbocycles. The molecule has 2 aromatic rings. The van der Waals surface area contributed by atoms with Crippen LogP contribution in [-0.4, -0.2) is 16.3 Å². The highest BCUT2D eigenvalue weighted by molar-refractivity contribution is 5.93. The topological polar surface area (TPSA) is 56.0 Å². The number of ketones is 1. The van der Waals surface area contributed by atoms with Crippen LogP contribution in [0.1, 0.15) is 32.3 Å². The lowest BCUT2D eigenvalue weighted by Crippen LogP contribution is -2.45. The summed E-state index contributed by atoms with van der Waals surface area (Å²) < 4.78 is 0. The molecule has 2 rings (SSSR count). The summed E-state index contributed by atoms with van der Waals surface area (Å²) in [6, 6.07) is 9.77. The smallest absolute Gasteiger partial charge is 0.156 e. The Labute approximate surface area is 113 Å². The molecule has 3 heteroatoms. The highest BCUT2D eigenvalue weighted by Gasteiger charge is 2.27. The van der Waals surface area contributed by atoms with Crippen molar-refractivity contribution in [2.75, 3.05) is 0 Å². The zero-order valence-electron chi connectivity index (χ0n) is 11.5. The fourth-order valence-electron chi connectivity index (χ4n) is 2.34. The van der Waals surface area contributed by atoms with Crippen molar-refractivity contribution in [2.45, 2.75) is 38.6 Å². The number of carbonyl (C=O) groups excluding carboxylic acids is 1. The van der Waals surface area contributed by atoms with Gasteiger partial charge in [0.1, 0.15) is 0 Å². The molecule has 1 aromatic heterocycles. The number of aromatic nitrogens is 1. The number of carbonyl (C=O) groups is 1. The summed E-state index contributed by atoms with van der Waals surface area (Å²) in [6.45, 7) is 3.86. The van der Waals surface area contributed by atoms with E-state index >= 15 is 0 Å². The first-order valence-corrected chi connectivity index (χ1v) is 6.69. The van der Waals surface area contributed by atoms with E-state index in [9.17, 15) is 4.79 Å². The van der Waals surface area contributed by atoms with Gasteiger partial charge in [0.15, 0.2) is 5.78 Å². The Hall–Kier alpha value is -1.74. The number of Topliss-reactive ketones (excluding diaryl/α,β-unsaturated/α-hetero) is 1. The maximum Gasteiger partial charge on any atom is 0.156 e. The number of nitrogens with two attached hydrogens (primary N) is 1. The van der Waals surface area contributed by atoms with Gasteiger partial charge in [-0.25, -0.2) is 0 Å². The van der Waals surface area contributed by atoms with Crippen molar-refractivity contribution in [3.8, 4) is 0 Å². The summed E-state index contributed by atoms with van der Waals surface area (Å²) >= 11 is 0. The van der Waals surface area contributed by atoms with Crippen LogP contribution >= 0.6 is 0 Å². The van der Waals surface area contributed by atoms with Crippen molar-refractivity contribution in [1.29, 1.82) is 0 Å². The van der Waals surface area contributed by atoms with E-state index in [1.165, 1.54) is 0 Å². The number of pyridine rings is 1. The number of hydrogen-bond acceptors (Lipinski definition) is 3. The number of benzene rings is 1. The summed E-state index contributed by atoms with van der Waals surface area (Å²) in [5.74, 6) is 0.0886. The third kappa shape index (κ3) is 2.99. The van der Waals surface area contributed by atoms with Crippen LogP contribution in [0.2, 0.25) is 0 Å². The summed E-state index contributed by atoms with van der Waals surface area (Å²) in [7, 11) is 0. The van der Waals surface area contributed by atoms with E-state index in [0.29, 0.717) is 6.42 Å². The molecule has 0 bridgehead atoms. The van der Waals surface area contributed by atoms with E-state index in [2.05, 4.69) is 4.98 Å². The van der Waals surface area contributed by atoms with Crippen LogP contribution in [0.4, 0.5) is 0 Å². The molecule has 0 fully saturated rings. The lowest BCUT2D eigenvalue weighted by molar-refractivity contribution is -0.123. The van der Waals surface area contributed by atoms with Gasteiger partial charge in [-0.05, 0) is 31.0 Å². The predicted molar refractivity (Wildman–Crippen MR) is 78.0 cm³/mol. The monoisotopic (exact) mass is 256 g/mol. The fourth-order valence-corrected chi connectivity index (χ4v) is 2.34. The van der Waals surface area contributed by atoms with Gasteiger partial charge in [0.25, 0.3) is 0 Å². The molecule has 3 nitrogen and oxygen atoms in total. The van der Waals surface area contributed by atoms with E-state index in [1.807, 2.05) is 44.2 Å². The molecule has 1 heterocycles. The van der Waals surface area contributed by atoms with Crippen LogP contribution in [0.3, 0.4) is 0 Å². The number of fused-ring (bicyclic) bond motifs is 1. The summed E-state index contributed by atoms with van der Waals surface area (Å²) in [5, 5.41) is 1.03. The Balaban J connectivity index is 2.29. The first-order chi connectivity index (χ1) is 9.04. The molecule has 0 saturated heterocycles. The molecular formula is C16H20N2O. The van der Waals surface area contributed by atoms with Gasteiger partial charge in [-0.3, -0.25) is 9.78 Å². The molecule has 0 aliphatic rings. The molecule has 100 valence electrons. The Bertz CT molecular complexity index is 585. The van der Waals surface area contributed by atoms with Gasteiger partial charge >= 0.3 is 0 Å². The molecule has 0 spiro atoms. The quantitative estimate of drug-likeness (QED) is 0.895. The number of hydrogen-bond donors (Lipinski definition) is 1. The van der Waals surface area contributed by atoms with Crippen LogP contribution in [0.5, 0.6) is 0 Å². The Kier molecular flexibility index (Phi) is 3.96. The van der Waals surface area contributed by atoms with E-state index in [4.69, 9.17) is 5.73 Å². The third-order valence-electron chi connectivity index (χ3n) is 3.50. The first kappa shape index (κ1) is 13.7. The summed E-state index contributed by atoms with van der Waals surface area (Å²) in [6.07, 6.45) is 3.75. The maximum absolute atomic E-state index is 12.3. The fraction of sp³-hybridized carbons (Fsp3) is 0.375. The first-order valence-electron chi connectivity index (χ1n) is 6.69. The van der Waals surface area contributed by atoms with Crippen LogP contribution in [0, 0.1) is 0 Å². The Morgan fingerprint density at radius 3 is 2.79 bits per heavy atom. The minimum atomic E-state index is -0.737. The van der Waals surface area contributed by atoms with Crippen molar-refractivity contribution in [2.24, 2.45) is 5.73 Å². The van der Waals surface area contributed by atoms with Gasteiger partial charge in [0, 0.05) is 18.0 Å². The maximum atomic E-state index is 12.3. The molecule has 0 amide bonds. The van der Waals surface area contributed by atoms with Crippen LogP contribution in [0.25, 0.3) is 10.9 Å². The van der Waals surface area contributed by atoms with Gasteiger partial charge < -0.3 is 5.73 Å². The molecule has 1 atom stereocenters. The highest BCUT2D eigenvalue weighted by atomic mass is 16.1. The number of nitrogens with zero attached hydrogens (tertiary/aromatic N) is 1. The number of para-hydroxylation sites is 1. The van der Waals surface area contributed by atoms with Crippen molar-refractivity contribution < 1.29 is 4.79 Å². The van der Waals surface area contributed by atoms with Crippen LogP contribution < -0.4 is 5.73 Å². The average Bonchev–Trinajstić information content (AvgIpc) is 2.39. The van der Waals surface area contributed by atoms with E-state index < -0.39 is 5.54 Å².